The zero-order chi connectivity index (χ0) is 15.6. The van der Waals surface area contributed by atoms with Crippen LogP contribution in [0, 0.1) is 0 Å². The highest BCUT2D eigenvalue weighted by molar-refractivity contribution is 5.86. The van der Waals surface area contributed by atoms with Crippen molar-refractivity contribution in [1.82, 2.24) is 29.7 Å². The lowest BCUT2D eigenvalue weighted by molar-refractivity contribution is 0.781. The van der Waals surface area contributed by atoms with Crippen LogP contribution in [0.1, 0.15) is 6.42 Å². The Morgan fingerprint density at radius 3 is 2.57 bits per heavy atom. The van der Waals surface area contributed by atoms with Crippen molar-refractivity contribution in [2.75, 3.05) is 36.0 Å². The van der Waals surface area contributed by atoms with Crippen molar-refractivity contribution in [3.05, 3.63) is 31.0 Å². The summed E-state index contributed by atoms with van der Waals surface area (Å²) in [6.07, 6.45) is 8.06. The summed E-state index contributed by atoms with van der Waals surface area (Å²) in [6.45, 7) is 3.64. The fraction of sp³-hybridized carbons (Fsp3) is 0.400. The van der Waals surface area contributed by atoms with E-state index in [4.69, 9.17) is 0 Å². The summed E-state index contributed by atoms with van der Waals surface area (Å²) in [7, 11) is 1.90. The number of anilines is 2. The molecule has 3 aromatic heterocycles. The summed E-state index contributed by atoms with van der Waals surface area (Å²) in [4.78, 5) is 22.0. The van der Waals surface area contributed by atoms with Crippen LogP contribution in [-0.4, -0.2) is 55.9 Å². The lowest BCUT2D eigenvalue weighted by atomic mass is 10.3. The maximum Gasteiger partial charge on any atom is 0.225 e. The van der Waals surface area contributed by atoms with E-state index in [1.165, 1.54) is 0 Å². The third-order valence-corrected chi connectivity index (χ3v) is 4.14. The number of aromatic nitrogens is 6. The van der Waals surface area contributed by atoms with Gasteiger partial charge in [-0.3, -0.25) is 4.68 Å². The molecule has 1 aliphatic rings. The van der Waals surface area contributed by atoms with Gasteiger partial charge in [-0.2, -0.15) is 5.10 Å². The van der Waals surface area contributed by atoms with E-state index in [-0.39, 0.29) is 0 Å². The van der Waals surface area contributed by atoms with Gasteiger partial charge in [-0.15, -0.1) is 0 Å². The Hall–Kier alpha value is -2.77. The van der Waals surface area contributed by atoms with Crippen molar-refractivity contribution in [2.24, 2.45) is 7.05 Å². The first-order chi connectivity index (χ1) is 11.3. The highest BCUT2D eigenvalue weighted by atomic mass is 15.3. The number of rotatable bonds is 2. The molecule has 118 valence electrons. The highest BCUT2D eigenvalue weighted by Crippen LogP contribution is 2.23. The van der Waals surface area contributed by atoms with Gasteiger partial charge in [0.05, 0.1) is 11.6 Å². The van der Waals surface area contributed by atoms with Gasteiger partial charge in [-0.1, -0.05) is 0 Å². The van der Waals surface area contributed by atoms with Gasteiger partial charge in [0.2, 0.25) is 5.95 Å². The Kier molecular flexibility index (Phi) is 3.49. The maximum atomic E-state index is 4.50. The van der Waals surface area contributed by atoms with Gasteiger partial charge < -0.3 is 9.80 Å². The fourth-order valence-corrected chi connectivity index (χ4v) is 2.99. The summed E-state index contributed by atoms with van der Waals surface area (Å²) >= 11 is 0. The molecule has 3 aromatic rings. The van der Waals surface area contributed by atoms with E-state index in [0.717, 1.165) is 55.4 Å². The third kappa shape index (κ3) is 2.56. The van der Waals surface area contributed by atoms with Crippen LogP contribution in [0.4, 0.5) is 11.8 Å². The predicted octanol–water partition coefficient (Wildman–Crippen LogP) is 0.870. The number of aryl methyl sites for hydroxylation is 1. The van der Waals surface area contributed by atoms with E-state index >= 15 is 0 Å². The summed E-state index contributed by atoms with van der Waals surface area (Å²) in [5, 5.41) is 5.29. The number of hydrogen-bond donors (Lipinski definition) is 0. The van der Waals surface area contributed by atoms with Gasteiger partial charge in [-0.05, 0) is 12.5 Å². The quantitative estimate of drug-likeness (QED) is 0.695. The second-order valence-electron chi connectivity index (χ2n) is 5.58. The first-order valence-corrected chi connectivity index (χ1v) is 7.72. The number of nitrogens with zero attached hydrogens (tertiary/aromatic N) is 8. The predicted molar refractivity (Wildman–Crippen MR) is 87.4 cm³/mol. The average Bonchev–Trinajstić information content (AvgIpc) is 2.83. The van der Waals surface area contributed by atoms with Crippen molar-refractivity contribution in [3.63, 3.8) is 0 Å². The summed E-state index contributed by atoms with van der Waals surface area (Å²) in [6, 6.07) is 1.84. The van der Waals surface area contributed by atoms with E-state index in [9.17, 15) is 0 Å². The lowest BCUT2D eigenvalue weighted by Gasteiger charge is -2.23. The average molecular weight is 310 g/mol. The molecule has 4 rings (SSSR count). The van der Waals surface area contributed by atoms with Crippen LogP contribution in [0.2, 0.25) is 0 Å². The molecule has 0 saturated carbocycles. The normalized spacial score (nSPS) is 15.9. The topological polar surface area (TPSA) is 75.9 Å². The molecular formula is C15H18N8. The van der Waals surface area contributed by atoms with Crippen LogP contribution in [0.5, 0.6) is 0 Å². The lowest BCUT2D eigenvalue weighted by Crippen LogP contribution is -2.32. The molecule has 0 atom stereocenters. The molecule has 23 heavy (non-hydrogen) atoms. The van der Waals surface area contributed by atoms with Gasteiger partial charge in [0, 0.05) is 45.6 Å². The molecule has 0 aromatic carbocycles. The van der Waals surface area contributed by atoms with Crippen LogP contribution < -0.4 is 9.80 Å². The van der Waals surface area contributed by atoms with Crippen LogP contribution >= 0.6 is 0 Å². The minimum Gasteiger partial charge on any atom is -0.354 e. The van der Waals surface area contributed by atoms with E-state index in [1.54, 1.807) is 23.4 Å². The van der Waals surface area contributed by atoms with Crippen LogP contribution in [0.25, 0.3) is 11.0 Å². The molecule has 0 spiro atoms. The summed E-state index contributed by atoms with van der Waals surface area (Å²) in [5.74, 6) is 1.75. The Morgan fingerprint density at radius 2 is 1.70 bits per heavy atom. The molecule has 0 radical (unpaired) electrons. The zero-order valence-electron chi connectivity index (χ0n) is 13.0. The second-order valence-corrected chi connectivity index (χ2v) is 5.58. The van der Waals surface area contributed by atoms with Crippen molar-refractivity contribution < 1.29 is 0 Å². The van der Waals surface area contributed by atoms with Crippen LogP contribution in [-0.2, 0) is 7.05 Å². The Bertz CT molecular complexity index is 800. The second kappa shape index (κ2) is 5.79. The molecule has 0 amide bonds. The first kappa shape index (κ1) is 13.9. The van der Waals surface area contributed by atoms with Gasteiger partial charge in [-0.25, -0.2) is 19.9 Å². The van der Waals surface area contributed by atoms with Crippen molar-refractivity contribution in [2.45, 2.75) is 6.42 Å². The molecule has 0 bridgehead atoms. The molecular weight excluding hydrogens is 292 g/mol. The maximum absolute atomic E-state index is 4.50. The molecule has 8 heteroatoms. The monoisotopic (exact) mass is 310 g/mol. The fourth-order valence-electron chi connectivity index (χ4n) is 2.99. The molecule has 1 fully saturated rings. The number of fused-ring (bicyclic) bond motifs is 1. The van der Waals surface area contributed by atoms with E-state index in [0.29, 0.717) is 0 Å². The standard InChI is InChI=1S/C15H18N8/c1-21-13-12(10-20-21)14(19-11-18-13)22-6-3-7-23(9-8-22)15-16-4-2-5-17-15/h2,4-5,10-11H,3,6-9H2,1H3. The molecule has 0 unspecified atom stereocenters. The highest BCUT2D eigenvalue weighted by Gasteiger charge is 2.20. The zero-order valence-corrected chi connectivity index (χ0v) is 13.0. The smallest absolute Gasteiger partial charge is 0.225 e. The minimum atomic E-state index is 0.795. The van der Waals surface area contributed by atoms with Gasteiger partial charge in [0.1, 0.15) is 12.1 Å². The van der Waals surface area contributed by atoms with Gasteiger partial charge >= 0.3 is 0 Å². The minimum absolute atomic E-state index is 0.795. The molecule has 0 N–H and O–H groups in total. The number of hydrogen-bond acceptors (Lipinski definition) is 7. The molecule has 1 aliphatic heterocycles. The van der Waals surface area contributed by atoms with E-state index < -0.39 is 0 Å². The third-order valence-electron chi connectivity index (χ3n) is 4.14. The Labute approximate surface area is 133 Å². The van der Waals surface area contributed by atoms with Crippen molar-refractivity contribution >= 4 is 22.8 Å². The van der Waals surface area contributed by atoms with Crippen LogP contribution in [0.15, 0.2) is 31.0 Å². The largest absolute Gasteiger partial charge is 0.354 e. The SMILES string of the molecule is Cn1ncc2c(N3CCCN(c4ncccn4)CC3)ncnc21. The Balaban J connectivity index is 1.59. The van der Waals surface area contributed by atoms with Gasteiger partial charge in [0.15, 0.2) is 5.65 Å². The molecule has 4 heterocycles. The first-order valence-electron chi connectivity index (χ1n) is 7.72. The van der Waals surface area contributed by atoms with E-state index in [1.807, 2.05) is 19.3 Å². The molecule has 8 nitrogen and oxygen atoms in total. The van der Waals surface area contributed by atoms with Crippen molar-refractivity contribution in [1.29, 1.82) is 0 Å². The molecule has 0 aliphatic carbocycles. The summed E-state index contributed by atoms with van der Waals surface area (Å²) in [5.41, 5.74) is 0.863. The van der Waals surface area contributed by atoms with Crippen molar-refractivity contribution in [3.8, 4) is 0 Å². The molecule has 1 saturated heterocycles. The Morgan fingerprint density at radius 1 is 0.913 bits per heavy atom. The summed E-state index contributed by atoms with van der Waals surface area (Å²) < 4.78 is 1.78. The van der Waals surface area contributed by atoms with E-state index in [2.05, 4.69) is 34.8 Å². The van der Waals surface area contributed by atoms with Crippen LogP contribution in [0.3, 0.4) is 0 Å². The van der Waals surface area contributed by atoms with Gasteiger partial charge in [0.25, 0.3) is 0 Å².